The summed E-state index contributed by atoms with van der Waals surface area (Å²) in [4.78, 5) is 22.1. The second kappa shape index (κ2) is 9.03. The van der Waals surface area contributed by atoms with E-state index in [1.54, 1.807) is 0 Å². The zero-order chi connectivity index (χ0) is 12.4. The van der Waals surface area contributed by atoms with Crippen LogP contribution in [0.5, 0.6) is 0 Å². The number of unbranched alkanes of at least 4 members (excludes halogenated alkanes) is 1. The van der Waals surface area contributed by atoms with Gasteiger partial charge in [-0.05, 0) is 12.2 Å². The number of carbonyl (C=O) groups excluding carboxylic acids is 1. The van der Waals surface area contributed by atoms with Gasteiger partial charge in [-0.1, -0.05) is 32.1 Å². The lowest BCUT2D eigenvalue weighted by molar-refractivity contribution is -0.138. The number of thioether (sulfide) groups is 1. The zero-order valence-corrected chi connectivity index (χ0v) is 10.1. The van der Waals surface area contributed by atoms with E-state index in [-0.39, 0.29) is 0 Å². The number of rotatable bonds is 8. The van der Waals surface area contributed by atoms with E-state index in [0.717, 1.165) is 18.6 Å². The van der Waals surface area contributed by atoms with E-state index in [4.69, 9.17) is 5.11 Å². The van der Waals surface area contributed by atoms with Crippen LogP contribution in [0.25, 0.3) is 0 Å². The number of allylic oxidation sites excluding steroid dienone is 2. The van der Waals surface area contributed by atoms with Gasteiger partial charge in [0.2, 0.25) is 5.91 Å². The van der Waals surface area contributed by atoms with Gasteiger partial charge >= 0.3 is 5.97 Å². The summed E-state index contributed by atoms with van der Waals surface area (Å²) in [6, 6.07) is 0. The van der Waals surface area contributed by atoms with E-state index in [2.05, 4.69) is 11.9 Å². The molecule has 0 fully saturated rings. The molecule has 2 N–H and O–H groups in total. The Morgan fingerprint density at radius 3 is 2.75 bits per heavy atom. The molecule has 0 aliphatic heterocycles. The molecule has 16 heavy (non-hydrogen) atoms. The predicted molar refractivity (Wildman–Crippen MR) is 66.3 cm³/mol. The zero-order valence-electron chi connectivity index (χ0n) is 9.31. The van der Waals surface area contributed by atoms with Crippen LogP contribution >= 0.6 is 11.8 Å². The predicted octanol–water partition coefficient (Wildman–Crippen LogP) is 1.79. The van der Waals surface area contributed by atoms with Crippen molar-refractivity contribution in [3.05, 3.63) is 24.8 Å². The van der Waals surface area contributed by atoms with Crippen molar-refractivity contribution in [2.24, 2.45) is 0 Å². The van der Waals surface area contributed by atoms with Gasteiger partial charge in [0.15, 0.2) is 5.37 Å². The average molecular weight is 243 g/mol. The van der Waals surface area contributed by atoms with Gasteiger partial charge in [0.25, 0.3) is 0 Å². The lowest BCUT2D eigenvalue weighted by Crippen LogP contribution is -2.37. The molecule has 0 radical (unpaired) electrons. The highest BCUT2D eigenvalue weighted by Crippen LogP contribution is 2.11. The van der Waals surface area contributed by atoms with Crippen LogP contribution in [-0.2, 0) is 9.59 Å². The molecule has 0 aromatic rings. The number of carboxylic acids is 1. The fourth-order valence-electron chi connectivity index (χ4n) is 0.853. The quantitative estimate of drug-likeness (QED) is 0.295. The van der Waals surface area contributed by atoms with Crippen LogP contribution in [0.4, 0.5) is 0 Å². The van der Waals surface area contributed by atoms with Gasteiger partial charge in [0.1, 0.15) is 0 Å². The molecule has 0 aliphatic carbocycles. The van der Waals surface area contributed by atoms with Gasteiger partial charge in [-0.2, -0.15) is 0 Å². The Morgan fingerprint density at radius 2 is 2.25 bits per heavy atom. The minimum atomic E-state index is -1.03. The Kier molecular flexibility index (Phi) is 8.34. The summed E-state index contributed by atoms with van der Waals surface area (Å²) in [7, 11) is 0. The maximum atomic E-state index is 11.2. The summed E-state index contributed by atoms with van der Waals surface area (Å²) < 4.78 is 0. The maximum Gasteiger partial charge on any atom is 0.336 e. The summed E-state index contributed by atoms with van der Waals surface area (Å²) in [5, 5.41) is 10.4. The Hall–Kier alpha value is -1.23. The average Bonchev–Trinajstić information content (AvgIpc) is 2.25. The maximum absolute atomic E-state index is 11.2. The van der Waals surface area contributed by atoms with E-state index in [9.17, 15) is 9.59 Å². The highest BCUT2D eigenvalue weighted by atomic mass is 32.2. The van der Waals surface area contributed by atoms with Crippen molar-refractivity contribution in [3.63, 3.8) is 0 Å². The molecule has 4 nitrogen and oxygen atoms in total. The van der Waals surface area contributed by atoms with E-state index in [1.807, 2.05) is 6.92 Å². The van der Waals surface area contributed by atoms with Crippen molar-refractivity contribution >= 4 is 23.6 Å². The monoisotopic (exact) mass is 243 g/mol. The lowest BCUT2D eigenvalue weighted by Gasteiger charge is -2.12. The second-order valence-electron chi connectivity index (χ2n) is 3.05. The van der Waals surface area contributed by atoms with Crippen molar-refractivity contribution in [1.29, 1.82) is 0 Å². The van der Waals surface area contributed by atoms with Crippen LogP contribution in [0, 0.1) is 0 Å². The molecule has 0 saturated heterocycles. The summed E-state index contributed by atoms with van der Waals surface area (Å²) in [5.74, 6) is -0.725. The summed E-state index contributed by atoms with van der Waals surface area (Å²) in [6.07, 6.45) is 6.12. The third kappa shape index (κ3) is 7.11. The van der Waals surface area contributed by atoms with Gasteiger partial charge in [-0.25, -0.2) is 4.79 Å². The standard InChI is InChI=1S/C11H17NO3S/c1-3-5-7-9(13)12-10(11(14)15)16-8-6-4-2/h3,5,7,10H,1,4,6,8H2,2H3,(H,12,13)(H,14,15). The van der Waals surface area contributed by atoms with E-state index >= 15 is 0 Å². The first-order valence-electron chi connectivity index (χ1n) is 5.05. The minimum absolute atomic E-state index is 0.420. The molecule has 0 spiro atoms. The van der Waals surface area contributed by atoms with Gasteiger partial charge in [-0.3, -0.25) is 4.79 Å². The number of amides is 1. The fourth-order valence-corrected chi connectivity index (χ4v) is 1.89. The van der Waals surface area contributed by atoms with Crippen molar-refractivity contribution in [2.45, 2.75) is 25.1 Å². The SMILES string of the molecule is C=CC=CC(=O)NC(SCCCC)C(=O)O. The largest absolute Gasteiger partial charge is 0.479 e. The molecule has 1 amide bonds. The molecule has 0 heterocycles. The molecule has 1 unspecified atom stereocenters. The first kappa shape index (κ1) is 14.8. The Bertz CT molecular complexity index is 276. The molecule has 0 aliphatic rings. The molecule has 1 atom stereocenters. The van der Waals surface area contributed by atoms with Crippen LogP contribution in [-0.4, -0.2) is 28.1 Å². The first-order chi connectivity index (χ1) is 7.61. The highest BCUT2D eigenvalue weighted by Gasteiger charge is 2.18. The van der Waals surface area contributed by atoms with Crippen molar-refractivity contribution in [1.82, 2.24) is 5.32 Å². The summed E-state index contributed by atoms with van der Waals surface area (Å²) >= 11 is 1.22. The van der Waals surface area contributed by atoms with E-state index in [1.165, 1.54) is 30.0 Å². The molecule has 5 heteroatoms. The third-order valence-electron chi connectivity index (χ3n) is 1.66. The van der Waals surface area contributed by atoms with Crippen LogP contribution in [0.1, 0.15) is 19.8 Å². The summed E-state index contributed by atoms with van der Waals surface area (Å²) in [6.45, 7) is 5.45. The van der Waals surface area contributed by atoms with Gasteiger partial charge in [0, 0.05) is 6.08 Å². The topological polar surface area (TPSA) is 66.4 Å². The third-order valence-corrected chi connectivity index (χ3v) is 2.84. The minimum Gasteiger partial charge on any atom is -0.479 e. The summed E-state index contributed by atoms with van der Waals surface area (Å²) in [5.41, 5.74) is 0. The first-order valence-corrected chi connectivity index (χ1v) is 6.10. The molecule has 0 aromatic carbocycles. The molecule has 90 valence electrons. The Balaban J connectivity index is 4.12. The van der Waals surface area contributed by atoms with Gasteiger partial charge in [0.05, 0.1) is 0 Å². The molecule has 0 aromatic heterocycles. The number of nitrogens with one attached hydrogen (secondary N) is 1. The highest BCUT2D eigenvalue weighted by molar-refractivity contribution is 8.00. The van der Waals surface area contributed by atoms with Crippen LogP contribution < -0.4 is 5.32 Å². The number of carboxylic acid groups (broad SMARTS) is 1. The van der Waals surface area contributed by atoms with Crippen molar-refractivity contribution < 1.29 is 14.7 Å². The molecule has 0 rings (SSSR count). The molecule has 0 bridgehead atoms. The van der Waals surface area contributed by atoms with Crippen molar-refractivity contribution in [3.8, 4) is 0 Å². The number of hydrogen-bond acceptors (Lipinski definition) is 3. The smallest absolute Gasteiger partial charge is 0.336 e. The molecule has 0 saturated carbocycles. The van der Waals surface area contributed by atoms with E-state index < -0.39 is 17.3 Å². The van der Waals surface area contributed by atoms with E-state index in [0.29, 0.717) is 0 Å². The fraction of sp³-hybridized carbons (Fsp3) is 0.455. The van der Waals surface area contributed by atoms with Gasteiger partial charge < -0.3 is 10.4 Å². The van der Waals surface area contributed by atoms with Gasteiger partial charge in [-0.15, -0.1) is 11.8 Å². The van der Waals surface area contributed by atoms with Crippen LogP contribution in [0.3, 0.4) is 0 Å². The normalized spacial score (nSPS) is 12.3. The molecular formula is C11H17NO3S. The number of hydrogen-bond donors (Lipinski definition) is 2. The Labute approximate surface area is 99.8 Å². The number of aliphatic carboxylic acids is 1. The molecular weight excluding hydrogens is 226 g/mol. The lowest BCUT2D eigenvalue weighted by atomic mass is 10.4. The van der Waals surface area contributed by atoms with Crippen LogP contribution in [0.15, 0.2) is 24.8 Å². The number of carbonyl (C=O) groups is 2. The van der Waals surface area contributed by atoms with Crippen molar-refractivity contribution in [2.75, 3.05) is 5.75 Å². The second-order valence-corrected chi connectivity index (χ2v) is 4.26. The Morgan fingerprint density at radius 1 is 1.56 bits per heavy atom. The van der Waals surface area contributed by atoms with Crippen LogP contribution in [0.2, 0.25) is 0 Å².